The highest BCUT2D eigenvalue weighted by Crippen LogP contribution is 2.35. The lowest BCUT2D eigenvalue weighted by molar-refractivity contribution is -0.116. The SMILES string of the molecule is CCCC(=O)Nc1cncc(-c2ccc3[nH]nc(-c4nc5c(-c6ccc(Cl)s6)cncc5[nH]4)c3n2)c1. The molecule has 0 bridgehead atoms. The molecule has 11 heteroatoms. The van der Waals surface area contributed by atoms with E-state index in [-0.39, 0.29) is 5.91 Å². The van der Waals surface area contributed by atoms with Crippen LogP contribution in [-0.2, 0) is 4.79 Å². The summed E-state index contributed by atoms with van der Waals surface area (Å²) in [5.41, 5.74) is 6.63. The van der Waals surface area contributed by atoms with Gasteiger partial charge in [-0.05, 0) is 36.8 Å². The lowest BCUT2D eigenvalue weighted by atomic mass is 10.1. The first-order valence-electron chi connectivity index (χ1n) is 11.3. The van der Waals surface area contributed by atoms with Gasteiger partial charge in [-0.25, -0.2) is 9.97 Å². The third kappa shape index (κ3) is 4.10. The number of nitrogens with one attached hydrogen (secondary N) is 3. The number of rotatable bonds is 6. The second-order valence-electron chi connectivity index (χ2n) is 8.20. The van der Waals surface area contributed by atoms with Crippen LogP contribution < -0.4 is 5.32 Å². The van der Waals surface area contributed by atoms with Gasteiger partial charge in [-0.2, -0.15) is 5.10 Å². The summed E-state index contributed by atoms with van der Waals surface area (Å²) in [5, 5.41) is 10.4. The van der Waals surface area contributed by atoms with E-state index in [1.165, 1.54) is 11.3 Å². The number of carbonyl (C=O) groups excluding carboxylic acids is 1. The zero-order chi connectivity index (χ0) is 24.6. The van der Waals surface area contributed by atoms with E-state index in [2.05, 4.69) is 30.5 Å². The molecule has 9 nitrogen and oxygen atoms in total. The number of thiophene rings is 1. The van der Waals surface area contributed by atoms with Crippen molar-refractivity contribution in [2.75, 3.05) is 5.32 Å². The molecule has 3 N–H and O–H groups in total. The molecule has 0 aliphatic heterocycles. The largest absolute Gasteiger partial charge is 0.335 e. The van der Waals surface area contributed by atoms with Crippen molar-refractivity contribution >= 4 is 56.6 Å². The van der Waals surface area contributed by atoms with Gasteiger partial charge in [-0.3, -0.25) is 19.9 Å². The normalized spacial score (nSPS) is 11.4. The Morgan fingerprint density at radius 2 is 1.92 bits per heavy atom. The summed E-state index contributed by atoms with van der Waals surface area (Å²) in [4.78, 5) is 34.7. The predicted octanol–water partition coefficient (Wildman–Crippen LogP) is 6.08. The Morgan fingerprint density at radius 1 is 1.03 bits per heavy atom. The van der Waals surface area contributed by atoms with Gasteiger partial charge >= 0.3 is 0 Å². The third-order valence-electron chi connectivity index (χ3n) is 5.66. The van der Waals surface area contributed by atoms with Crippen LogP contribution in [0.25, 0.3) is 55.3 Å². The van der Waals surface area contributed by atoms with Crippen LogP contribution in [0.5, 0.6) is 0 Å². The number of aromatic nitrogens is 7. The number of aromatic amines is 2. The van der Waals surface area contributed by atoms with Crippen LogP contribution in [-0.4, -0.2) is 41.0 Å². The van der Waals surface area contributed by atoms with Gasteiger partial charge in [0, 0.05) is 34.8 Å². The maximum absolute atomic E-state index is 12.0. The van der Waals surface area contributed by atoms with Crippen molar-refractivity contribution in [1.82, 2.24) is 35.1 Å². The van der Waals surface area contributed by atoms with Crippen molar-refractivity contribution in [1.29, 1.82) is 0 Å². The van der Waals surface area contributed by atoms with Gasteiger partial charge in [0.05, 0.1) is 39.1 Å². The van der Waals surface area contributed by atoms with Crippen LogP contribution in [0.3, 0.4) is 0 Å². The van der Waals surface area contributed by atoms with E-state index in [0.29, 0.717) is 39.2 Å². The van der Waals surface area contributed by atoms with Crippen LogP contribution in [0, 0.1) is 0 Å². The van der Waals surface area contributed by atoms with Crippen molar-refractivity contribution in [3.05, 3.63) is 59.5 Å². The average Bonchev–Trinajstić information content (AvgIpc) is 3.61. The molecule has 0 atom stereocenters. The van der Waals surface area contributed by atoms with E-state index < -0.39 is 0 Å². The minimum atomic E-state index is -0.0412. The standard InChI is InChI=1S/C25H19ClN8OS/c1-2-3-21(35)29-14-8-13(9-27-10-14)16-4-5-17-23(30-16)24(34-33-17)25-31-18-12-28-11-15(22(18)32-25)19-6-7-20(26)36-19/h4-12H,2-3H2,1H3,(H,29,35)(H,31,32)(H,33,34). The monoisotopic (exact) mass is 514 g/mol. The van der Waals surface area contributed by atoms with Crippen molar-refractivity contribution in [3.63, 3.8) is 0 Å². The van der Waals surface area contributed by atoms with E-state index in [4.69, 9.17) is 21.6 Å². The first kappa shape index (κ1) is 22.3. The lowest BCUT2D eigenvalue weighted by Gasteiger charge is -2.06. The molecule has 0 radical (unpaired) electrons. The molecule has 0 saturated heterocycles. The van der Waals surface area contributed by atoms with Crippen LogP contribution in [0.1, 0.15) is 19.8 Å². The minimum absolute atomic E-state index is 0.0412. The second kappa shape index (κ2) is 9.14. The number of amides is 1. The third-order valence-corrected chi connectivity index (χ3v) is 6.92. The van der Waals surface area contributed by atoms with E-state index in [1.54, 1.807) is 24.8 Å². The van der Waals surface area contributed by atoms with Crippen molar-refractivity contribution in [2.45, 2.75) is 19.8 Å². The van der Waals surface area contributed by atoms with Crippen molar-refractivity contribution in [2.24, 2.45) is 0 Å². The fraction of sp³-hybridized carbons (Fsp3) is 0.120. The first-order chi connectivity index (χ1) is 17.6. The molecule has 0 aliphatic rings. The van der Waals surface area contributed by atoms with Crippen molar-refractivity contribution in [3.8, 4) is 33.2 Å². The molecule has 6 aromatic heterocycles. The van der Waals surface area contributed by atoms with Crippen LogP contribution in [0.2, 0.25) is 4.34 Å². The highest BCUT2D eigenvalue weighted by molar-refractivity contribution is 7.19. The lowest BCUT2D eigenvalue weighted by Crippen LogP contribution is -2.10. The molecule has 0 unspecified atom stereocenters. The maximum atomic E-state index is 12.0. The van der Waals surface area contributed by atoms with E-state index in [9.17, 15) is 4.79 Å². The molecule has 6 rings (SSSR count). The summed E-state index contributed by atoms with van der Waals surface area (Å²) >= 11 is 7.63. The number of nitrogens with zero attached hydrogens (tertiary/aromatic N) is 5. The summed E-state index contributed by atoms with van der Waals surface area (Å²) in [6.07, 6.45) is 8.10. The predicted molar refractivity (Wildman–Crippen MR) is 142 cm³/mol. The fourth-order valence-electron chi connectivity index (χ4n) is 4.01. The molecule has 6 heterocycles. The molecular formula is C25H19ClN8OS. The van der Waals surface area contributed by atoms with Gasteiger partial charge in [0.2, 0.25) is 5.91 Å². The number of anilines is 1. The highest BCUT2D eigenvalue weighted by Gasteiger charge is 2.18. The molecule has 0 aromatic carbocycles. The fourth-order valence-corrected chi connectivity index (χ4v) is 5.06. The maximum Gasteiger partial charge on any atom is 0.224 e. The zero-order valence-corrected chi connectivity index (χ0v) is 20.6. The minimum Gasteiger partial charge on any atom is -0.335 e. The van der Waals surface area contributed by atoms with Gasteiger partial charge < -0.3 is 10.3 Å². The Balaban J connectivity index is 1.40. The molecule has 36 heavy (non-hydrogen) atoms. The summed E-state index contributed by atoms with van der Waals surface area (Å²) in [6.45, 7) is 1.97. The Hall–Kier alpha value is -4.15. The molecule has 0 saturated carbocycles. The Kier molecular flexibility index (Phi) is 5.67. The number of H-pyrrole nitrogens is 2. The molecule has 6 aromatic rings. The van der Waals surface area contributed by atoms with E-state index in [0.717, 1.165) is 39.0 Å². The number of fused-ring (bicyclic) bond motifs is 2. The quantitative estimate of drug-likeness (QED) is 0.247. The zero-order valence-electron chi connectivity index (χ0n) is 19.0. The summed E-state index contributed by atoms with van der Waals surface area (Å²) in [6, 6.07) is 9.49. The van der Waals surface area contributed by atoms with Crippen LogP contribution >= 0.6 is 22.9 Å². The summed E-state index contributed by atoms with van der Waals surface area (Å²) < 4.78 is 0.705. The molecule has 0 spiro atoms. The number of halogens is 1. The smallest absolute Gasteiger partial charge is 0.224 e. The number of pyridine rings is 3. The van der Waals surface area contributed by atoms with Crippen molar-refractivity contribution < 1.29 is 4.79 Å². The molecule has 178 valence electrons. The van der Waals surface area contributed by atoms with E-state index >= 15 is 0 Å². The Morgan fingerprint density at radius 3 is 2.75 bits per heavy atom. The highest BCUT2D eigenvalue weighted by atomic mass is 35.5. The van der Waals surface area contributed by atoms with Crippen LogP contribution in [0.4, 0.5) is 5.69 Å². The topological polar surface area (TPSA) is 125 Å². The first-order valence-corrected chi connectivity index (χ1v) is 12.5. The van der Waals surface area contributed by atoms with Gasteiger partial charge in [0.25, 0.3) is 0 Å². The molecule has 0 fully saturated rings. The van der Waals surface area contributed by atoms with Gasteiger partial charge in [0.1, 0.15) is 11.0 Å². The van der Waals surface area contributed by atoms with Gasteiger partial charge in [0.15, 0.2) is 11.5 Å². The summed E-state index contributed by atoms with van der Waals surface area (Å²) in [5.74, 6) is 0.539. The molecular weight excluding hydrogens is 496 g/mol. The Bertz CT molecular complexity index is 1740. The number of hydrogen-bond acceptors (Lipinski definition) is 7. The average molecular weight is 515 g/mol. The summed E-state index contributed by atoms with van der Waals surface area (Å²) in [7, 11) is 0. The molecule has 0 aliphatic carbocycles. The molecule has 1 amide bonds. The number of carbonyl (C=O) groups is 1. The van der Waals surface area contributed by atoms with E-state index in [1.807, 2.05) is 37.3 Å². The number of hydrogen-bond donors (Lipinski definition) is 3. The van der Waals surface area contributed by atoms with Gasteiger partial charge in [-0.15, -0.1) is 11.3 Å². The van der Waals surface area contributed by atoms with Gasteiger partial charge in [-0.1, -0.05) is 18.5 Å². The van der Waals surface area contributed by atoms with Crippen LogP contribution in [0.15, 0.2) is 55.1 Å². The second-order valence-corrected chi connectivity index (χ2v) is 9.91. The number of imidazole rings is 1. The Labute approximate surface area is 214 Å².